The standard InChI is InChI=1S/C11H24O3/c1-6-11(4,5)14-9-10(12-7-2)13-8-3/h10H,6-9H2,1-5H3. The largest absolute Gasteiger partial charge is 0.370 e. The molecule has 0 aliphatic rings. The average Bonchev–Trinajstić information content (AvgIpc) is 2.15. The molecule has 0 heterocycles. The van der Waals surface area contributed by atoms with E-state index in [9.17, 15) is 0 Å². The molecule has 0 amide bonds. The van der Waals surface area contributed by atoms with Gasteiger partial charge in [0.1, 0.15) is 0 Å². The molecule has 0 radical (unpaired) electrons. The maximum Gasteiger partial charge on any atom is 0.180 e. The van der Waals surface area contributed by atoms with Crippen molar-refractivity contribution in [1.29, 1.82) is 0 Å². The highest BCUT2D eigenvalue weighted by molar-refractivity contribution is 4.65. The Morgan fingerprint density at radius 2 is 1.50 bits per heavy atom. The maximum absolute atomic E-state index is 5.70. The summed E-state index contributed by atoms with van der Waals surface area (Å²) in [5, 5.41) is 0. The SMILES string of the molecule is CCOC(COC(C)(C)CC)OCC. The topological polar surface area (TPSA) is 27.7 Å². The van der Waals surface area contributed by atoms with Crippen LogP contribution in [0.3, 0.4) is 0 Å². The van der Waals surface area contributed by atoms with Crippen LogP contribution in [0.2, 0.25) is 0 Å². The van der Waals surface area contributed by atoms with Crippen LogP contribution in [0, 0.1) is 0 Å². The fourth-order valence-electron chi connectivity index (χ4n) is 0.912. The Balaban J connectivity index is 3.80. The third-order valence-corrected chi connectivity index (χ3v) is 2.17. The molecule has 0 aromatic rings. The smallest absolute Gasteiger partial charge is 0.180 e. The van der Waals surface area contributed by atoms with Gasteiger partial charge < -0.3 is 14.2 Å². The zero-order valence-corrected chi connectivity index (χ0v) is 10.1. The Labute approximate surface area is 87.7 Å². The minimum Gasteiger partial charge on any atom is -0.370 e. The molecule has 0 saturated carbocycles. The van der Waals surface area contributed by atoms with Crippen LogP contribution in [0.5, 0.6) is 0 Å². The first-order chi connectivity index (χ1) is 6.55. The van der Waals surface area contributed by atoms with Crippen molar-refractivity contribution in [2.75, 3.05) is 19.8 Å². The van der Waals surface area contributed by atoms with Gasteiger partial charge in [-0.05, 0) is 34.1 Å². The minimum absolute atomic E-state index is 0.0908. The predicted octanol–water partition coefficient (Wildman–Crippen LogP) is 2.59. The van der Waals surface area contributed by atoms with Crippen LogP contribution in [0.15, 0.2) is 0 Å². The van der Waals surface area contributed by atoms with E-state index >= 15 is 0 Å². The summed E-state index contributed by atoms with van der Waals surface area (Å²) in [5.41, 5.74) is -0.0908. The molecule has 0 aliphatic heterocycles. The number of rotatable bonds is 8. The molecular weight excluding hydrogens is 180 g/mol. The molecule has 0 fully saturated rings. The average molecular weight is 204 g/mol. The first-order valence-electron chi connectivity index (χ1n) is 5.42. The molecule has 0 bridgehead atoms. The lowest BCUT2D eigenvalue weighted by atomic mass is 10.1. The normalized spacial score (nSPS) is 12.4. The molecular formula is C11H24O3. The van der Waals surface area contributed by atoms with Crippen molar-refractivity contribution in [1.82, 2.24) is 0 Å². The van der Waals surface area contributed by atoms with Gasteiger partial charge in [0.2, 0.25) is 0 Å². The lowest BCUT2D eigenvalue weighted by Crippen LogP contribution is -2.31. The molecule has 86 valence electrons. The van der Waals surface area contributed by atoms with Gasteiger partial charge in [-0.1, -0.05) is 6.92 Å². The second kappa shape index (κ2) is 7.21. The third-order valence-electron chi connectivity index (χ3n) is 2.17. The van der Waals surface area contributed by atoms with Gasteiger partial charge >= 0.3 is 0 Å². The molecule has 0 spiro atoms. The summed E-state index contributed by atoms with van der Waals surface area (Å²) in [6.45, 7) is 12.0. The van der Waals surface area contributed by atoms with Crippen molar-refractivity contribution in [2.45, 2.75) is 52.9 Å². The quantitative estimate of drug-likeness (QED) is 0.569. The lowest BCUT2D eigenvalue weighted by Gasteiger charge is -2.26. The van der Waals surface area contributed by atoms with E-state index in [0.29, 0.717) is 19.8 Å². The van der Waals surface area contributed by atoms with Crippen molar-refractivity contribution >= 4 is 0 Å². The van der Waals surface area contributed by atoms with Crippen molar-refractivity contribution < 1.29 is 14.2 Å². The van der Waals surface area contributed by atoms with Crippen LogP contribution in [0.1, 0.15) is 41.0 Å². The van der Waals surface area contributed by atoms with Crippen molar-refractivity contribution in [3.05, 3.63) is 0 Å². The van der Waals surface area contributed by atoms with Crippen LogP contribution < -0.4 is 0 Å². The zero-order chi connectivity index (χ0) is 11.0. The summed E-state index contributed by atoms with van der Waals surface area (Å²) in [7, 11) is 0. The third kappa shape index (κ3) is 6.35. The van der Waals surface area contributed by atoms with E-state index in [-0.39, 0.29) is 11.9 Å². The van der Waals surface area contributed by atoms with Gasteiger partial charge in [-0.2, -0.15) is 0 Å². The molecule has 3 heteroatoms. The summed E-state index contributed by atoms with van der Waals surface area (Å²) < 4.78 is 16.4. The summed E-state index contributed by atoms with van der Waals surface area (Å²) in [6, 6.07) is 0. The summed E-state index contributed by atoms with van der Waals surface area (Å²) in [5.74, 6) is 0. The predicted molar refractivity (Wildman–Crippen MR) is 57.4 cm³/mol. The first-order valence-corrected chi connectivity index (χ1v) is 5.42. The van der Waals surface area contributed by atoms with E-state index in [0.717, 1.165) is 6.42 Å². The van der Waals surface area contributed by atoms with Crippen LogP contribution in [-0.2, 0) is 14.2 Å². The summed E-state index contributed by atoms with van der Waals surface area (Å²) >= 11 is 0. The molecule has 0 unspecified atom stereocenters. The molecule has 3 nitrogen and oxygen atoms in total. The number of hydrogen-bond donors (Lipinski definition) is 0. The molecule has 0 atom stereocenters. The van der Waals surface area contributed by atoms with Crippen LogP contribution >= 0.6 is 0 Å². The Morgan fingerprint density at radius 3 is 1.86 bits per heavy atom. The van der Waals surface area contributed by atoms with E-state index in [1.54, 1.807) is 0 Å². The molecule has 0 N–H and O–H groups in total. The van der Waals surface area contributed by atoms with E-state index in [2.05, 4.69) is 20.8 Å². The summed E-state index contributed by atoms with van der Waals surface area (Å²) in [6.07, 6.45) is 0.758. The minimum atomic E-state index is -0.226. The van der Waals surface area contributed by atoms with Crippen LogP contribution in [0.25, 0.3) is 0 Å². The van der Waals surface area contributed by atoms with Gasteiger partial charge in [0.05, 0.1) is 12.2 Å². The monoisotopic (exact) mass is 204 g/mol. The highest BCUT2D eigenvalue weighted by Gasteiger charge is 2.18. The first kappa shape index (κ1) is 13.9. The Morgan fingerprint density at radius 1 is 1.00 bits per heavy atom. The van der Waals surface area contributed by atoms with Crippen molar-refractivity contribution in [2.24, 2.45) is 0 Å². The van der Waals surface area contributed by atoms with Crippen molar-refractivity contribution in [3.63, 3.8) is 0 Å². The van der Waals surface area contributed by atoms with Gasteiger partial charge in [0.15, 0.2) is 6.29 Å². The van der Waals surface area contributed by atoms with Gasteiger partial charge in [-0.25, -0.2) is 0 Å². The molecule has 14 heavy (non-hydrogen) atoms. The van der Waals surface area contributed by atoms with Crippen LogP contribution in [-0.4, -0.2) is 31.7 Å². The fraction of sp³-hybridized carbons (Fsp3) is 1.00. The lowest BCUT2D eigenvalue weighted by molar-refractivity contribution is -0.188. The Bertz CT molecular complexity index is 128. The number of hydrogen-bond acceptors (Lipinski definition) is 3. The van der Waals surface area contributed by atoms with Crippen LogP contribution in [0.4, 0.5) is 0 Å². The fourth-order valence-corrected chi connectivity index (χ4v) is 0.912. The van der Waals surface area contributed by atoms with E-state index in [1.807, 2.05) is 13.8 Å². The van der Waals surface area contributed by atoms with E-state index < -0.39 is 0 Å². The van der Waals surface area contributed by atoms with Gasteiger partial charge in [-0.15, -0.1) is 0 Å². The highest BCUT2D eigenvalue weighted by atomic mass is 16.7. The Hall–Kier alpha value is -0.120. The second-order valence-corrected chi connectivity index (χ2v) is 3.76. The van der Waals surface area contributed by atoms with E-state index in [1.165, 1.54) is 0 Å². The second-order valence-electron chi connectivity index (χ2n) is 3.76. The van der Waals surface area contributed by atoms with Gasteiger partial charge in [-0.3, -0.25) is 0 Å². The molecule has 0 aliphatic carbocycles. The van der Waals surface area contributed by atoms with Gasteiger partial charge in [0, 0.05) is 13.2 Å². The van der Waals surface area contributed by atoms with Gasteiger partial charge in [0.25, 0.3) is 0 Å². The molecule has 0 rings (SSSR count). The number of ether oxygens (including phenoxy) is 3. The van der Waals surface area contributed by atoms with Crippen molar-refractivity contribution in [3.8, 4) is 0 Å². The maximum atomic E-state index is 5.70. The molecule has 0 saturated heterocycles. The summed E-state index contributed by atoms with van der Waals surface area (Å²) in [4.78, 5) is 0. The highest BCUT2D eigenvalue weighted by Crippen LogP contribution is 2.14. The Kier molecular flexibility index (Phi) is 7.15. The molecule has 0 aromatic heterocycles. The zero-order valence-electron chi connectivity index (χ0n) is 10.1. The van der Waals surface area contributed by atoms with E-state index in [4.69, 9.17) is 14.2 Å². The molecule has 0 aromatic carbocycles.